The number of carbonyl (C=O) groups is 2. The molecule has 0 aliphatic carbocycles. The Morgan fingerprint density at radius 1 is 1.07 bits per heavy atom. The number of Topliss-reactive ketones (excluding diaryl/α,β-unsaturated/α-hetero) is 1. The van der Waals surface area contributed by atoms with Crippen LogP contribution < -0.4 is 0 Å². The molecule has 5 heteroatoms. The van der Waals surface area contributed by atoms with Crippen LogP contribution in [0.15, 0.2) is 72.5 Å². The smallest absolute Gasteiger partial charge is 0.250 e. The zero-order valence-electron chi connectivity index (χ0n) is 17.2. The number of benzene rings is 2. The molecule has 5 nitrogen and oxygen atoms in total. The lowest BCUT2D eigenvalue weighted by Gasteiger charge is -2.42. The van der Waals surface area contributed by atoms with Crippen LogP contribution in [0.1, 0.15) is 49.7 Å². The SMILES string of the molecule is CC1CCCC(CC(c2ccccc2)c2ccccc2)N1C(=O)/C=C(\O)C(=O)C=N. The summed E-state index contributed by atoms with van der Waals surface area (Å²) in [7, 11) is 0. The van der Waals surface area contributed by atoms with E-state index in [1.165, 1.54) is 11.1 Å². The van der Waals surface area contributed by atoms with Crippen molar-refractivity contribution in [1.82, 2.24) is 4.90 Å². The summed E-state index contributed by atoms with van der Waals surface area (Å²) in [5.74, 6) is -1.79. The van der Waals surface area contributed by atoms with Gasteiger partial charge in [-0.2, -0.15) is 0 Å². The number of hydrogen-bond donors (Lipinski definition) is 2. The molecule has 2 aromatic carbocycles. The standard InChI is InChI=1S/C25H28N2O3/c1-18-9-8-14-21(27(18)25(30)16-23(28)24(29)17-26)15-22(19-10-4-2-5-11-19)20-12-6-3-7-13-20/h2-7,10-13,16-18,21-22,26,28H,8-9,14-15H2,1H3/b23-16-,26-17?. The lowest BCUT2D eigenvalue weighted by Crippen LogP contribution is -2.49. The first-order chi connectivity index (χ1) is 14.5. The van der Waals surface area contributed by atoms with E-state index in [1.54, 1.807) is 4.90 Å². The Morgan fingerprint density at radius 2 is 1.63 bits per heavy atom. The fraction of sp³-hybridized carbons (Fsp3) is 0.320. The van der Waals surface area contributed by atoms with Gasteiger partial charge in [-0.1, -0.05) is 60.7 Å². The maximum atomic E-state index is 13.0. The molecule has 1 saturated heterocycles. The maximum Gasteiger partial charge on any atom is 0.250 e. The van der Waals surface area contributed by atoms with E-state index in [1.807, 2.05) is 43.3 Å². The number of nitrogens with zero attached hydrogens (tertiary/aromatic N) is 1. The third-order valence-electron chi connectivity index (χ3n) is 5.84. The number of likely N-dealkylation sites (tertiary alicyclic amines) is 1. The van der Waals surface area contributed by atoms with Crippen molar-refractivity contribution in [3.8, 4) is 0 Å². The van der Waals surface area contributed by atoms with Gasteiger partial charge in [0.15, 0.2) is 5.76 Å². The third kappa shape index (κ3) is 5.03. The highest BCUT2D eigenvalue weighted by molar-refractivity contribution is 6.33. The number of hydrogen-bond acceptors (Lipinski definition) is 4. The zero-order valence-corrected chi connectivity index (χ0v) is 17.2. The Kier molecular flexibility index (Phi) is 7.17. The Hall–Kier alpha value is -3.21. The van der Waals surface area contributed by atoms with E-state index in [2.05, 4.69) is 24.3 Å². The van der Waals surface area contributed by atoms with Gasteiger partial charge in [0.2, 0.25) is 5.78 Å². The van der Waals surface area contributed by atoms with Crippen LogP contribution in [0.4, 0.5) is 0 Å². The van der Waals surface area contributed by atoms with E-state index in [-0.39, 0.29) is 23.9 Å². The van der Waals surface area contributed by atoms with Crippen molar-refractivity contribution in [2.75, 3.05) is 0 Å². The van der Waals surface area contributed by atoms with Gasteiger partial charge in [0, 0.05) is 24.1 Å². The quantitative estimate of drug-likeness (QED) is 0.401. The van der Waals surface area contributed by atoms with E-state index in [0.29, 0.717) is 6.21 Å². The first-order valence-electron chi connectivity index (χ1n) is 10.4. The van der Waals surface area contributed by atoms with E-state index in [9.17, 15) is 14.7 Å². The van der Waals surface area contributed by atoms with Crippen LogP contribution in [-0.4, -0.2) is 40.0 Å². The molecule has 3 rings (SSSR count). The molecule has 156 valence electrons. The van der Waals surface area contributed by atoms with Gasteiger partial charge in [-0.15, -0.1) is 0 Å². The molecule has 1 aliphatic heterocycles. The monoisotopic (exact) mass is 404 g/mol. The molecule has 0 spiro atoms. The van der Waals surface area contributed by atoms with Crippen molar-refractivity contribution < 1.29 is 14.7 Å². The molecule has 1 fully saturated rings. The highest BCUT2D eigenvalue weighted by Gasteiger charge is 2.33. The van der Waals surface area contributed by atoms with Gasteiger partial charge in [0.05, 0.1) is 6.21 Å². The van der Waals surface area contributed by atoms with Gasteiger partial charge in [-0.25, -0.2) is 0 Å². The maximum absolute atomic E-state index is 13.0. The number of nitrogens with one attached hydrogen (secondary N) is 1. The van der Waals surface area contributed by atoms with Crippen LogP contribution in [0.25, 0.3) is 0 Å². The van der Waals surface area contributed by atoms with Crippen LogP contribution in [0, 0.1) is 5.41 Å². The molecular weight excluding hydrogens is 376 g/mol. The Morgan fingerprint density at radius 3 is 2.17 bits per heavy atom. The predicted molar refractivity (Wildman–Crippen MR) is 118 cm³/mol. The Labute approximate surface area is 177 Å². The average molecular weight is 405 g/mol. The molecule has 2 N–H and O–H groups in total. The number of aliphatic hydroxyl groups is 1. The van der Waals surface area contributed by atoms with Gasteiger partial charge in [0.1, 0.15) is 0 Å². The number of amides is 1. The third-order valence-corrected chi connectivity index (χ3v) is 5.84. The lowest BCUT2D eigenvalue weighted by molar-refractivity contribution is -0.133. The summed E-state index contributed by atoms with van der Waals surface area (Å²) in [5.41, 5.74) is 2.40. The van der Waals surface area contributed by atoms with Crippen LogP contribution in [0.3, 0.4) is 0 Å². The minimum Gasteiger partial charge on any atom is -0.504 e. The molecule has 2 aromatic rings. The summed E-state index contributed by atoms with van der Waals surface area (Å²) in [4.78, 5) is 26.3. The summed E-state index contributed by atoms with van der Waals surface area (Å²) in [5, 5.41) is 16.8. The number of carbonyl (C=O) groups excluding carboxylic acids is 2. The molecule has 0 aromatic heterocycles. The van der Waals surface area contributed by atoms with Crippen molar-refractivity contribution in [2.45, 2.75) is 50.6 Å². The van der Waals surface area contributed by atoms with Crippen molar-refractivity contribution in [2.24, 2.45) is 0 Å². The largest absolute Gasteiger partial charge is 0.504 e. The fourth-order valence-corrected chi connectivity index (χ4v) is 4.36. The number of piperidine rings is 1. The molecule has 1 heterocycles. The number of rotatable bonds is 7. The first-order valence-corrected chi connectivity index (χ1v) is 10.4. The molecule has 0 saturated carbocycles. The highest BCUT2D eigenvalue weighted by Crippen LogP contribution is 2.35. The molecule has 2 unspecified atom stereocenters. The van der Waals surface area contributed by atoms with Gasteiger partial charge in [0.25, 0.3) is 5.91 Å². The van der Waals surface area contributed by atoms with Crippen molar-refractivity contribution in [3.05, 3.63) is 83.6 Å². The summed E-state index contributed by atoms with van der Waals surface area (Å²) in [6.45, 7) is 2.01. The molecule has 0 bridgehead atoms. The highest BCUT2D eigenvalue weighted by atomic mass is 16.3. The van der Waals surface area contributed by atoms with E-state index in [4.69, 9.17) is 5.41 Å². The second kappa shape index (κ2) is 10.0. The molecule has 0 radical (unpaired) electrons. The topological polar surface area (TPSA) is 81.5 Å². The lowest BCUT2D eigenvalue weighted by atomic mass is 9.82. The van der Waals surface area contributed by atoms with Gasteiger partial charge < -0.3 is 15.4 Å². The molecular formula is C25H28N2O3. The average Bonchev–Trinajstić information content (AvgIpc) is 2.77. The second-order valence-electron chi connectivity index (χ2n) is 7.83. The van der Waals surface area contributed by atoms with E-state index >= 15 is 0 Å². The van der Waals surface area contributed by atoms with Crippen molar-refractivity contribution in [3.63, 3.8) is 0 Å². The summed E-state index contributed by atoms with van der Waals surface area (Å²) in [6, 6.07) is 20.6. The second-order valence-corrected chi connectivity index (χ2v) is 7.83. The van der Waals surface area contributed by atoms with Crippen LogP contribution in [0.5, 0.6) is 0 Å². The summed E-state index contributed by atoms with van der Waals surface area (Å²) >= 11 is 0. The predicted octanol–water partition coefficient (Wildman–Crippen LogP) is 4.64. The Bertz CT molecular complexity index is 869. The molecule has 30 heavy (non-hydrogen) atoms. The number of ketones is 1. The van der Waals surface area contributed by atoms with E-state index < -0.39 is 11.5 Å². The molecule has 1 amide bonds. The number of allylic oxidation sites excluding steroid dienone is 1. The first kappa shape index (κ1) is 21.5. The van der Waals surface area contributed by atoms with E-state index in [0.717, 1.165) is 31.8 Å². The summed E-state index contributed by atoms with van der Waals surface area (Å²) in [6.07, 6.45) is 5.02. The number of aliphatic hydroxyl groups excluding tert-OH is 1. The van der Waals surface area contributed by atoms with Crippen molar-refractivity contribution in [1.29, 1.82) is 5.41 Å². The Balaban J connectivity index is 1.91. The van der Waals surface area contributed by atoms with Crippen LogP contribution in [-0.2, 0) is 9.59 Å². The normalized spacial score (nSPS) is 19.5. The zero-order chi connectivity index (χ0) is 21.5. The van der Waals surface area contributed by atoms with Crippen LogP contribution >= 0.6 is 0 Å². The summed E-state index contributed by atoms with van der Waals surface area (Å²) < 4.78 is 0. The molecule has 2 atom stereocenters. The van der Waals surface area contributed by atoms with Gasteiger partial charge in [-0.3, -0.25) is 9.59 Å². The molecule has 1 aliphatic rings. The van der Waals surface area contributed by atoms with Gasteiger partial charge in [-0.05, 0) is 43.7 Å². The fourth-order valence-electron chi connectivity index (χ4n) is 4.36. The van der Waals surface area contributed by atoms with Gasteiger partial charge >= 0.3 is 0 Å². The minimum absolute atomic E-state index is 0.00852. The van der Waals surface area contributed by atoms with Crippen molar-refractivity contribution >= 4 is 17.9 Å². The van der Waals surface area contributed by atoms with Crippen LogP contribution in [0.2, 0.25) is 0 Å². The minimum atomic E-state index is -0.865.